The Labute approximate surface area is 154 Å². The van der Waals surface area contributed by atoms with Crippen LogP contribution in [-0.4, -0.2) is 20.4 Å². The summed E-state index contributed by atoms with van der Waals surface area (Å²) < 4.78 is 27.2. The summed E-state index contributed by atoms with van der Waals surface area (Å²) in [7, 11) is -3.52. The van der Waals surface area contributed by atoms with Gasteiger partial charge in [-0.3, -0.25) is 4.79 Å². The molecule has 1 aliphatic rings. The van der Waals surface area contributed by atoms with Gasteiger partial charge in [0.1, 0.15) is 0 Å². The molecule has 5 nitrogen and oxygen atoms in total. The monoisotopic (exact) mass is 372 g/mol. The van der Waals surface area contributed by atoms with Crippen molar-refractivity contribution < 1.29 is 13.2 Å². The van der Waals surface area contributed by atoms with Crippen molar-refractivity contribution in [1.82, 2.24) is 4.72 Å². The molecule has 3 rings (SSSR count). The molecule has 0 spiro atoms. The summed E-state index contributed by atoms with van der Waals surface area (Å²) in [4.78, 5) is 12.4. The van der Waals surface area contributed by atoms with Gasteiger partial charge >= 0.3 is 0 Å². The molecule has 2 aromatic rings. The fourth-order valence-corrected chi connectivity index (χ4v) is 4.18. The van der Waals surface area contributed by atoms with Gasteiger partial charge in [-0.2, -0.15) is 0 Å². The number of hydrogen-bond donors (Lipinski definition) is 2. The summed E-state index contributed by atoms with van der Waals surface area (Å²) in [6, 6.07) is 12.6. The third-order valence-corrected chi connectivity index (χ3v) is 5.96. The molecular weight excluding hydrogens is 348 g/mol. The minimum Gasteiger partial charge on any atom is -0.326 e. The Hall–Kier alpha value is -2.18. The summed E-state index contributed by atoms with van der Waals surface area (Å²) in [5.74, 6) is -0.130. The SMILES string of the molecule is Cc1ccc(CCC(=O)Nc2cccc(S(=O)(=O)NC3CC3)c2)c(C)c1. The molecule has 1 amide bonds. The second-order valence-electron chi connectivity index (χ2n) is 6.90. The third kappa shape index (κ3) is 4.93. The number of nitrogens with one attached hydrogen (secondary N) is 2. The van der Waals surface area contributed by atoms with E-state index in [-0.39, 0.29) is 16.8 Å². The van der Waals surface area contributed by atoms with E-state index >= 15 is 0 Å². The highest BCUT2D eigenvalue weighted by Crippen LogP contribution is 2.23. The molecule has 0 bridgehead atoms. The minimum absolute atomic E-state index is 0.0518. The molecule has 1 saturated carbocycles. The predicted molar refractivity (Wildman–Crippen MR) is 103 cm³/mol. The third-order valence-electron chi connectivity index (χ3n) is 4.45. The second-order valence-corrected chi connectivity index (χ2v) is 8.62. The Morgan fingerprint density at radius 2 is 1.88 bits per heavy atom. The molecule has 1 aliphatic carbocycles. The molecule has 0 aliphatic heterocycles. The Morgan fingerprint density at radius 1 is 1.12 bits per heavy atom. The molecule has 26 heavy (non-hydrogen) atoms. The van der Waals surface area contributed by atoms with Crippen LogP contribution in [0.2, 0.25) is 0 Å². The van der Waals surface area contributed by atoms with Gasteiger partial charge in [0.15, 0.2) is 0 Å². The fourth-order valence-electron chi connectivity index (χ4n) is 2.83. The van der Waals surface area contributed by atoms with E-state index in [1.54, 1.807) is 12.1 Å². The van der Waals surface area contributed by atoms with E-state index in [0.29, 0.717) is 18.5 Å². The quantitative estimate of drug-likeness (QED) is 0.783. The molecule has 2 N–H and O–H groups in total. The van der Waals surface area contributed by atoms with E-state index in [0.717, 1.165) is 18.4 Å². The average Bonchev–Trinajstić information content (AvgIpc) is 3.37. The molecular formula is C20H24N2O3S. The first kappa shape index (κ1) is 18.6. The van der Waals surface area contributed by atoms with Crippen molar-refractivity contribution in [3.8, 4) is 0 Å². The number of amides is 1. The highest BCUT2D eigenvalue weighted by Gasteiger charge is 2.28. The first-order valence-electron chi connectivity index (χ1n) is 8.82. The number of hydrogen-bond acceptors (Lipinski definition) is 3. The average molecular weight is 372 g/mol. The lowest BCUT2D eigenvalue weighted by Gasteiger charge is -2.10. The molecule has 0 saturated heterocycles. The van der Waals surface area contributed by atoms with Gasteiger partial charge in [-0.1, -0.05) is 29.8 Å². The smallest absolute Gasteiger partial charge is 0.240 e. The van der Waals surface area contributed by atoms with Crippen molar-refractivity contribution in [2.24, 2.45) is 0 Å². The van der Waals surface area contributed by atoms with Gasteiger partial charge < -0.3 is 5.32 Å². The van der Waals surface area contributed by atoms with Crippen molar-refractivity contribution in [2.75, 3.05) is 5.32 Å². The summed E-state index contributed by atoms with van der Waals surface area (Å²) in [5, 5.41) is 2.79. The largest absolute Gasteiger partial charge is 0.326 e. The molecule has 0 heterocycles. The maximum absolute atomic E-state index is 12.3. The second kappa shape index (κ2) is 7.60. The molecule has 0 atom stereocenters. The lowest BCUT2D eigenvalue weighted by Crippen LogP contribution is -2.25. The van der Waals surface area contributed by atoms with Crippen LogP contribution in [0.25, 0.3) is 0 Å². The van der Waals surface area contributed by atoms with Crippen LogP contribution in [-0.2, 0) is 21.2 Å². The van der Waals surface area contributed by atoms with E-state index in [9.17, 15) is 13.2 Å². The van der Waals surface area contributed by atoms with Crippen LogP contribution in [0.3, 0.4) is 0 Å². The number of aryl methyl sites for hydroxylation is 3. The lowest BCUT2D eigenvalue weighted by molar-refractivity contribution is -0.116. The molecule has 138 valence electrons. The van der Waals surface area contributed by atoms with Gasteiger partial charge in [0.25, 0.3) is 0 Å². The Morgan fingerprint density at radius 3 is 2.58 bits per heavy atom. The zero-order chi connectivity index (χ0) is 18.7. The fraction of sp³-hybridized carbons (Fsp3) is 0.350. The van der Waals surface area contributed by atoms with Gasteiger partial charge in [0, 0.05) is 18.2 Å². The van der Waals surface area contributed by atoms with E-state index in [4.69, 9.17) is 0 Å². The van der Waals surface area contributed by atoms with Crippen LogP contribution in [0, 0.1) is 13.8 Å². The zero-order valence-corrected chi connectivity index (χ0v) is 15.9. The van der Waals surface area contributed by atoms with Crippen LogP contribution >= 0.6 is 0 Å². The van der Waals surface area contributed by atoms with Crippen LogP contribution in [0.5, 0.6) is 0 Å². The summed E-state index contributed by atoms with van der Waals surface area (Å²) in [6.45, 7) is 4.09. The van der Waals surface area contributed by atoms with Crippen LogP contribution in [0.1, 0.15) is 36.0 Å². The Bertz CT molecular complexity index is 918. The lowest BCUT2D eigenvalue weighted by atomic mass is 10.0. The maximum atomic E-state index is 12.3. The zero-order valence-electron chi connectivity index (χ0n) is 15.1. The van der Waals surface area contributed by atoms with Gasteiger partial charge in [-0.15, -0.1) is 0 Å². The number of sulfonamides is 1. The van der Waals surface area contributed by atoms with Crippen molar-refractivity contribution in [3.63, 3.8) is 0 Å². The number of carbonyl (C=O) groups excluding carboxylic acids is 1. The first-order chi connectivity index (χ1) is 12.3. The molecule has 0 unspecified atom stereocenters. The number of rotatable bonds is 7. The number of carbonyl (C=O) groups is 1. The van der Waals surface area contributed by atoms with Crippen molar-refractivity contribution >= 4 is 21.6 Å². The van der Waals surface area contributed by atoms with Gasteiger partial charge in [-0.05, 0) is 62.4 Å². The normalized spacial score (nSPS) is 14.2. The van der Waals surface area contributed by atoms with Crippen molar-refractivity contribution in [2.45, 2.75) is 50.5 Å². The molecule has 0 radical (unpaired) electrons. The minimum atomic E-state index is -3.52. The number of anilines is 1. The first-order valence-corrected chi connectivity index (χ1v) is 10.3. The highest BCUT2D eigenvalue weighted by atomic mass is 32.2. The van der Waals surface area contributed by atoms with Gasteiger partial charge in [-0.25, -0.2) is 13.1 Å². The Balaban J connectivity index is 1.61. The van der Waals surface area contributed by atoms with Crippen LogP contribution < -0.4 is 10.0 Å². The topological polar surface area (TPSA) is 75.3 Å². The van der Waals surface area contributed by atoms with Crippen LogP contribution in [0.4, 0.5) is 5.69 Å². The van der Waals surface area contributed by atoms with E-state index < -0.39 is 10.0 Å². The molecule has 6 heteroatoms. The van der Waals surface area contributed by atoms with Gasteiger partial charge in [0.2, 0.25) is 15.9 Å². The summed E-state index contributed by atoms with van der Waals surface area (Å²) in [5.41, 5.74) is 4.02. The van der Waals surface area contributed by atoms with E-state index in [2.05, 4.69) is 22.2 Å². The predicted octanol–water partition coefficient (Wildman–Crippen LogP) is 3.32. The molecule has 2 aromatic carbocycles. The van der Waals surface area contributed by atoms with Gasteiger partial charge in [0.05, 0.1) is 4.90 Å². The highest BCUT2D eigenvalue weighted by molar-refractivity contribution is 7.89. The maximum Gasteiger partial charge on any atom is 0.240 e. The number of benzene rings is 2. The Kier molecular flexibility index (Phi) is 5.44. The summed E-state index contributed by atoms with van der Waals surface area (Å²) >= 11 is 0. The van der Waals surface area contributed by atoms with Crippen molar-refractivity contribution in [1.29, 1.82) is 0 Å². The molecule has 1 fully saturated rings. The van der Waals surface area contributed by atoms with Crippen molar-refractivity contribution in [3.05, 3.63) is 59.2 Å². The molecule has 0 aromatic heterocycles. The van der Waals surface area contributed by atoms with E-state index in [1.807, 2.05) is 19.9 Å². The summed E-state index contributed by atoms with van der Waals surface area (Å²) in [6.07, 6.45) is 2.77. The van der Waals surface area contributed by atoms with Crippen LogP contribution in [0.15, 0.2) is 47.4 Å². The standard InChI is InChI=1S/C20H24N2O3S/c1-14-6-7-16(15(2)12-14)8-11-20(23)21-18-4-3-5-19(13-18)26(24,25)22-17-9-10-17/h3-7,12-13,17,22H,8-11H2,1-2H3,(H,21,23). The van der Waals surface area contributed by atoms with E-state index in [1.165, 1.54) is 23.3 Å².